The van der Waals surface area contributed by atoms with E-state index < -0.39 is 47.2 Å². The average Bonchev–Trinajstić information content (AvgIpc) is 2.84. The molecule has 0 radical (unpaired) electrons. The highest BCUT2D eigenvalue weighted by Crippen LogP contribution is 2.59. The fourth-order valence-electron chi connectivity index (χ4n) is 5.34. The predicted molar refractivity (Wildman–Crippen MR) is 113 cm³/mol. The van der Waals surface area contributed by atoms with Gasteiger partial charge in [-0.3, -0.25) is 4.79 Å². The minimum atomic E-state index is -1.51. The number of benzene rings is 1. The van der Waals surface area contributed by atoms with Gasteiger partial charge in [0.05, 0.1) is 11.7 Å². The van der Waals surface area contributed by atoms with Gasteiger partial charge in [0.15, 0.2) is 0 Å². The molecule has 0 saturated heterocycles. The van der Waals surface area contributed by atoms with Crippen molar-refractivity contribution in [3.8, 4) is 5.75 Å². The molecule has 1 saturated carbocycles. The molecule has 0 heterocycles. The van der Waals surface area contributed by atoms with Crippen molar-refractivity contribution in [1.29, 1.82) is 0 Å². The van der Waals surface area contributed by atoms with E-state index in [-0.39, 0.29) is 23.7 Å². The van der Waals surface area contributed by atoms with Crippen LogP contribution < -0.4 is 0 Å². The Bertz CT molecular complexity index is 874. The van der Waals surface area contributed by atoms with Crippen LogP contribution >= 0.6 is 0 Å². The number of hydrogen-bond acceptors (Lipinski definition) is 7. The first-order valence-corrected chi connectivity index (χ1v) is 10.6. The number of ether oxygens (including phenoxy) is 2. The molecule has 2 aliphatic rings. The Morgan fingerprint density at radius 2 is 1.77 bits per heavy atom. The van der Waals surface area contributed by atoms with Crippen LogP contribution in [0.3, 0.4) is 0 Å². The Morgan fingerprint density at radius 1 is 1.16 bits per heavy atom. The molecule has 1 aromatic carbocycles. The van der Waals surface area contributed by atoms with Crippen molar-refractivity contribution in [3.05, 3.63) is 41.5 Å². The average molecular weight is 433 g/mol. The minimum absolute atomic E-state index is 0.0339. The van der Waals surface area contributed by atoms with E-state index in [4.69, 9.17) is 9.47 Å². The number of fused-ring (bicyclic) bond motifs is 1. The molecule has 0 amide bonds. The first-order chi connectivity index (χ1) is 14.4. The van der Waals surface area contributed by atoms with Gasteiger partial charge < -0.3 is 24.8 Å². The van der Waals surface area contributed by atoms with E-state index in [2.05, 4.69) is 0 Å². The third-order valence-electron chi connectivity index (χ3n) is 6.98. The van der Waals surface area contributed by atoms with Gasteiger partial charge in [0.1, 0.15) is 23.6 Å². The van der Waals surface area contributed by atoms with E-state index in [1.54, 1.807) is 6.08 Å². The summed E-state index contributed by atoms with van der Waals surface area (Å²) in [6.07, 6.45) is -0.0893. The summed E-state index contributed by atoms with van der Waals surface area (Å²) in [4.78, 5) is 24.7. The number of phenolic OH excluding ortho intramolecular Hbond substituents is 1. The van der Waals surface area contributed by atoms with Crippen LogP contribution in [0.15, 0.2) is 35.9 Å². The quantitative estimate of drug-likeness (QED) is 0.495. The van der Waals surface area contributed by atoms with Gasteiger partial charge >= 0.3 is 11.9 Å². The number of aromatic hydroxyl groups is 1. The van der Waals surface area contributed by atoms with E-state index in [0.717, 1.165) is 5.57 Å². The molecule has 6 atom stereocenters. The number of phenols is 1. The van der Waals surface area contributed by atoms with Gasteiger partial charge in [0, 0.05) is 18.3 Å². The molecule has 0 unspecified atom stereocenters. The summed E-state index contributed by atoms with van der Waals surface area (Å²) in [7, 11) is 0. The molecule has 3 rings (SSSR count). The van der Waals surface area contributed by atoms with Crippen molar-refractivity contribution in [1.82, 2.24) is 0 Å². The Balaban J connectivity index is 2.06. The normalized spacial score (nSPS) is 35.2. The number of carbonyl (C=O) groups is 2. The molecule has 1 aromatic rings. The van der Waals surface area contributed by atoms with Crippen LogP contribution in [0.25, 0.3) is 0 Å². The lowest BCUT2D eigenvalue weighted by atomic mass is 9.66. The predicted octanol–water partition coefficient (Wildman–Crippen LogP) is 2.97. The maximum absolute atomic E-state index is 12.9. The second-order valence-corrected chi connectivity index (χ2v) is 9.48. The Kier molecular flexibility index (Phi) is 6.22. The smallest absolute Gasteiger partial charge is 0.338 e. The summed E-state index contributed by atoms with van der Waals surface area (Å²) in [6, 6.07) is 5.72. The lowest BCUT2D eigenvalue weighted by molar-refractivity contribution is -0.178. The molecule has 7 nitrogen and oxygen atoms in total. The highest BCUT2D eigenvalue weighted by atomic mass is 16.6. The zero-order chi connectivity index (χ0) is 23.1. The molecule has 1 fully saturated rings. The van der Waals surface area contributed by atoms with Crippen LogP contribution in [0.2, 0.25) is 0 Å². The van der Waals surface area contributed by atoms with Gasteiger partial charge in [-0.25, -0.2) is 4.79 Å². The number of rotatable bonds is 4. The van der Waals surface area contributed by atoms with E-state index >= 15 is 0 Å². The number of esters is 2. The Morgan fingerprint density at radius 3 is 2.32 bits per heavy atom. The fourth-order valence-corrected chi connectivity index (χ4v) is 5.34. The standard InChI is InChI=1S/C24H32O7/c1-13(2)24(29)20(30-15(4)25)12-23(5)19(27)11-14(3)10-18(21(23)24)31-22(28)16-6-8-17(26)9-7-16/h6-10,13,18-21,26-27,29H,11-12H2,1-5H3/t18-,19+,20-,21+,23+,24-/m0/s1. The highest BCUT2D eigenvalue weighted by Gasteiger charge is 2.67. The van der Waals surface area contributed by atoms with Crippen molar-refractivity contribution in [2.75, 3.05) is 0 Å². The van der Waals surface area contributed by atoms with Crippen molar-refractivity contribution in [2.24, 2.45) is 17.3 Å². The highest BCUT2D eigenvalue weighted by molar-refractivity contribution is 5.89. The Labute approximate surface area is 182 Å². The summed E-state index contributed by atoms with van der Waals surface area (Å²) >= 11 is 0. The maximum atomic E-state index is 12.9. The summed E-state index contributed by atoms with van der Waals surface area (Å²) in [5.41, 5.74) is -1.25. The summed E-state index contributed by atoms with van der Waals surface area (Å²) in [6.45, 7) is 8.66. The number of aliphatic hydroxyl groups excluding tert-OH is 1. The molecule has 170 valence electrons. The molecule has 0 spiro atoms. The van der Waals surface area contributed by atoms with Crippen LogP contribution in [0.4, 0.5) is 0 Å². The number of carbonyl (C=O) groups excluding carboxylic acids is 2. The molecule has 2 aliphatic carbocycles. The zero-order valence-corrected chi connectivity index (χ0v) is 18.7. The van der Waals surface area contributed by atoms with Gasteiger partial charge in [-0.2, -0.15) is 0 Å². The molecule has 31 heavy (non-hydrogen) atoms. The topological polar surface area (TPSA) is 113 Å². The maximum Gasteiger partial charge on any atom is 0.338 e. The summed E-state index contributed by atoms with van der Waals surface area (Å²) in [5.74, 6) is -2.11. The summed E-state index contributed by atoms with van der Waals surface area (Å²) < 4.78 is 11.4. The van der Waals surface area contributed by atoms with Crippen LogP contribution in [0.1, 0.15) is 57.8 Å². The lowest BCUT2D eigenvalue weighted by Crippen LogP contribution is -2.56. The van der Waals surface area contributed by atoms with Gasteiger partial charge in [0.25, 0.3) is 0 Å². The van der Waals surface area contributed by atoms with E-state index in [9.17, 15) is 24.9 Å². The van der Waals surface area contributed by atoms with E-state index in [0.29, 0.717) is 6.42 Å². The molecule has 0 aromatic heterocycles. The largest absolute Gasteiger partial charge is 0.508 e. The molecule has 0 aliphatic heterocycles. The van der Waals surface area contributed by atoms with Crippen LogP contribution in [-0.2, 0) is 14.3 Å². The van der Waals surface area contributed by atoms with Crippen molar-refractivity contribution in [2.45, 2.75) is 71.4 Å². The van der Waals surface area contributed by atoms with E-state index in [1.165, 1.54) is 31.2 Å². The first kappa shape index (κ1) is 23.3. The van der Waals surface area contributed by atoms with Crippen molar-refractivity contribution >= 4 is 11.9 Å². The number of aliphatic hydroxyl groups is 2. The molecule has 0 bridgehead atoms. The van der Waals surface area contributed by atoms with Crippen molar-refractivity contribution < 1.29 is 34.4 Å². The van der Waals surface area contributed by atoms with Gasteiger partial charge in [0.2, 0.25) is 0 Å². The monoisotopic (exact) mass is 432 g/mol. The summed E-state index contributed by atoms with van der Waals surface area (Å²) in [5, 5.41) is 32.5. The zero-order valence-electron chi connectivity index (χ0n) is 18.7. The van der Waals surface area contributed by atoms with Crippen LogP contribution in [0, 0.1) is 17.3 Å². The minimum Gasteiger partial charge on any atom is -0.508 e. The molecule has 3 N–H and O–H groups in total. The van der Waals surface area contributed by atoms with Gasteiger partial charge in [-0.05, 0) is 56.0 Å². The SMILES string of the molecule is CC(=O)O[C@H]1C[C@]2(C)[C@H](O)CC(C)=C[C@H](OC(=O)c3ccc(O)cc3)[C@H]2[C@]1(O)C(C)C. The second-order valence-electron chi connectivity index (χ2n) is 9.48. The molecular formula is C24H32O7. The third-order valence-corrected chi connectivity index (χ3v) is 6.98. The van der Waals surface area contributed by atoms with Crippen molar-refractivity contribution in [3.63, 3.8) is 0 Å². The second kappa shape index (κ2) is 8.28. The lowest BCUT2D eigenvalue weighted by Gasteiger charge is -2.44. The van der Waals surface area contributed by atoms with E-state index in [1.807, 2.05) is 27.7 Å². The van der Waals surface area contributed by atoms with Gasteiger partial charge in [-0.1, -0.05) is 26.3 Å². The molecular weight excluding hydrogens is 400 g/mol. The Hall–Kier alpha value is -2.38. The fraction of sp³-hybridized carbons (Fsp3) is 0.583. The molecule has 7 heteroatoms. The van der Waals surface area contributed by atoms with Crippen LogP contribution in [-0.4, -0.2) is 51.2 Å². The number of hydrogen-bond donors (Lipinski definition) is 3. The van der Waals surface area contributed by atoms with Crippen LogP contribution in [0.5, 0.6) is 5.75 Å². The van der Waals surface area contributed by atoms with Gasteiger partial charge in [-0.15, -0.1) is 0 Å². The first-order valence-electron chi connectivity index (χ1n) is 10.6. The third kappa shape index (κ3) is 4.08.